The molecule has 0 bridgehead atoms. The van der Waals surface area contributed by atoms with Crippen molar-refractivity contribution >= 4 is 17.4 Å². The number of carbonyl (C=O) groups excluding carboxylic acids is 1. The Morgan fingerprint density at radius 3 is 2.69 bits per heavy atom. The lowest BCUT2D eigenvalue weighted by Crippen LogP contribution is -2.31. The highest BCUT2D eigenvalue weighted by molar-refractivity contribution is 6.31. The second-order valence-corrected chi connectivity index (χ2v) is 8.44. The molecule has 0 saturated heterocycles. The summed E-state index contributed by atoms with van der Waals surface area (Å²) in [4.78, 5) is 15.3. The zero-order valence-electron chi connectivity index (χ0n) is 17.2. The van der Waals surface area contributed by atoms with Crippen molar-refractivity contribution in [2.75, 3.05) is 27.3 Å². The molecule has 0 saturated carbocycles. The number of benzene rings is 2. The van der Waals surface area contributed by atoms with Crippen LogP contribution < -0.4 is 9.47 Å². The van der Waals surface area contributed by atoms with Crippen molar-refractivity contribution in [3.63, 3.8) is 0 Å². The van der Waals surface area contributed by atoms with E-state index >= 15 is 0 Å². The molecule has 1 aliphatic heterocycles. The van der Waals surface area contributed by atoms with Gasteiger partial charge < -0.3 is 9.47 Å². The Kier molecular flexibility index (Phi) is 6.12. The van der Waals surface area contributed by atoms with Crippen molar-refractivity contribution in [3.8, 4) is 11.5 Å². The van der Waals surface area contributed by atoms with Gasteiger partial charge in [0.05, 0.1) is 14.2 Å². The first-order valence-corrected chi connectivity index (χ1v) is 10.8. The lowest BCUT2D eigenvalue weighted by atomic mass is 9.97. The second kappa shape index (κ2) is 8.76. The van der Waals surface area contributed by atoms with Crippen molar-refractivity contribution in [1.29, 1.82) is 0 Å². The van der Waals surface area contributed by atoms with Crippen LogP contribution in [-0.2, 0) is 19.4 Å². The normalized spacial score (nSPS) is 18.4. The number of ketones is 1. The van der Waals surface area contributed by atoms with Crippen LogP contribution in [0.5, 0.6) is 11.5 Å². The highest BCUT2D eigenvalue weighted by atomic mass is 35.5. The maximum Gasteiger partial charge on any atom is 0.166 e. The van der Waals surface area contributed by atoms with E-state index in [1.54, 1.807) is 14.2 Å². The summed E-state index contributed by atoms with van der Waals surface area (Å²) in [5.41, 5.74) is 4.55. The van der Waals surface area contributed by atoms with Crippen LogP contribution in [0.3, 0.4) is 0 Å². The number of ether oxygens (including phenoxy) is 2. The van der Waals surface area contributed by atoms with Crippen LogP contribution in [0.15, 0.2) is 30.3 Å². The Morgan fingerprint density at radius 1 is 1.10 bits per heavy atom. The molecule has 0 N–H and O–H groups in total. The number of hydrogen-bond acceptors (Lipinski definition) is 4. The van der Waals surface area contributed by atoms with Crippen LogP contribution in [0.1, 0.15) is 46.3 Å². The lowest BCUT2D eigenvalue weighted by molar-refractivity contribution is 0.0928. The molecule has 1 heterocycles. The number of unbranched alkanes of at least 4 members (excludes halogenated alkanes) is 1. The summed E-state index contributed by atoms with van der Waals surface area (Å²) in [6.07, 6.45) is 4.95. The number of methoxy groups -OCH3 is 2. The Balaban J connectivity index is 1.28. The molecule has 0 amide bonds. The fraction of sp³-hybridized carbons (Fsp3) is 0.458. The van der Waals surface area contributed by atoms with Crippen molar-refractivity contribution in [2.45, 2.75) is 38.6 Å². The van der Waals surface area contributed by atoms with Gasteiger partial charge in [-0.2, -0.15) is 0 Å². The topological polar surface area (TPSA) is 38.8 Å². The van der Waals surface area contributed by atoms with E-state index in [0.717, 1.165) is 67.9 Å². The molecule has 2 aromatic rings. The molecule has 0 fully saturated rings. The summed E-state index contributed by atoms with van der Waals surface area (Å²) in [5.74, 6) is 1.67. The van der Waals surface area contributed by atoms with Gasteiger partial charge in [0.15, 0.2) is 17.3 Å². The van der Waals surface area contributed by atoms with Crippen LogP contribution in [0, 0.1) is 5.92 Å². The minimum atomic E-state index is 0.0858. The van der Waals surface area contributed by atoms with Gasteiger partial charge in [-0.25, -0.2) is 0 Å². The molecule has 0 radical (unpaired) electrons. The van der Waals surface area contributed by atoms with E-state index in [9.17, 15) is 4.79 Å². The predicted octanol–water partition coefficient (Wildman–Crippen LogP) is 4.94. The lowest BCUT2D eigenvalue weighted by Gasteiger charge is -2.29. The number of rotatable bonds is 7. The zero-order chi connectivity index (χ0) is 20.4. The zero-order valence-corrected chi connectivity index (χ0v) is 17.9. The Bertz CT molecular complexity index is 911. The first kappa shape index (κ1) is 20.2. The number of Topliss-reactive ketones (excluding diaryl/α,β-unsaturated/α-hetero) is 1. The minimum absolute atomic E-state index is 0.0858. The van der Waals surface area contributed by atoms with Crippen LogP contribution in [-0.4, -0.2) is 38.0 Å². The highest BCUT2D eigenvalue weighted by Gasteiger charge is 2.31. The first-order valence-electron chi connectivity index (χ1n) is 10.4. The molecule has 5 heteroatoms. The van der Waals surface area contributed by atoms with Gasteiger partial charge in [-0.3, -0.25) is 9.69 Å². The molecule has 4 rings (SSSR count). The molecule has 1 atom stereocenters. The van der Waals surface area contributed by atoms with Gasteiger partial charge >= 0.3 is 0 Å². The monoisotopic (exact) mass is 413 g/mol. The first-order chi connectivity index (χ1) is 14.1. The number of fused-ring (bicyclic) bond motifs is 2. The van der Waals surface area contributed by atoms with E-state index in [0.29, 0.717) is 11.5 Å². The smallest absolute Gasteiger partial charge is 0.166 e. The van der Waals surface area contributed by atoms with Gasteiger partial charge in [-0.15, -0.1) is 0 Å². The third-order valence-corrected chi connectivity index (χ3v) is 6.63. The molecule has 2 aromatic carbocycles. The van der Waals surface area contributed by atoms with Crippen LogP contribution in [0.2, 0.25) is 5.02 Å². The van der Waals surface area contributed by atoms with E-state index in [1.807, 2.05) is 24.3 Å². The van der Waals surface area contributed by atoms with Crippen molar-refractivity contribution in [1.82, 2.24) is 4.90 Å². The summed E-state index contributed by atoms with van der Waals surface area (Å²) in [6.45, 7) is 3.11. The summed E-state index contributed by atoms with van der Waals surface area (Å²) in [6, 6.07) is 10.0. The maximum absolute atomic E-state index is 12.8. The van der Waals surface area contributed by atoms with E-state index in [1.165, 1.54) is 11.1 Å². The quantitative estimate of drug-likeness (QED) is 0.602. The average molecular weight is 414 g/mol. The molecular weight excluding hydrogens is 386 g/mol. The molecule has 2 aliphatic rings. The number of hydrogen-bond donors (Lipinski definition) is 0. The van der Waals surface area contributed by atoms with E-state index < -0.39 is 0 Å². The largest absolute Gasteiger partial charge is 0.493 e. The predicted molar refractivity (Wildman–Crippen MR) is 115 cm³/mol. The minimum Gasteiger partial charge on any atom is -0.493 e. The van der Waals surface area contributed by atoms with Gasteiger partial charge in [0, 0.05) is 29.6 Å². The molecule has 1 aliphatic carbocycles. The van der Waals surface area contributed by atoms with Crippen molar-refractivity contribution in [3.05, 3.63) is 57.6 Å². The van der Waals surface area contributed by atoms with E-state index in [2.05, 4.69) is 11.0 Å². The van der Waals surface area contributed by atoms with E-state index in [-0.39, 0.29) is 11.7 Å². The summed E-state index contributed by atoms with van der Waals surface area (Å²) >= 11 is 6.31. The van der Waals surface area contributed by atoms with Crippen molar-refractivity contribution < 1.29 is 14.3 Å². The average Bonchev–Trinajstić information content (AvgIpc) is 3.05. The number of halogens is 1. The molecular formula is C24H28ClNO3. The SMILES string of the molecule is COc1cc2c(cc1OC)C(=O)C(CCCCN1CCc3c(Cl)cccc3C1)C2. The summed E-state index contributed by atoms with van der Waals surface area (Å²) < 4.78 is 10.7. The molecule has 0 aromatic heterocycles. The third-order valence-electron chi connectivity index (χ3n) is 6.28. The fourth-order valence-electron chi connectivity index (χ4n) is 4.67. The fourth-order valence-corrected chi connectivity index (χ4v) is 4.96. The summed E-state index contributed by atoms with van der Waals surface area (Å²) in [7, 11) is 3.24. The Labute approximate surface area is 177 Å². The molecule has 154 valence electrons. The van der Waals surface area contributed by atoms with Gasteiger partial charge in [-0.05, 0) is 67.1 Å². The number of nitrogens with zero attached hydrogens (tertiary/aromatic N) is 1. The van der Waals surface area contributed by atoms with Gasteiger partial charge in [0.2, 0.25) is 0 Å². The number of carbonyl (C=O) groups is 1. The van der Waals surface area contributed by atoms with Gasteiger partial charge in [0.1, 0.15) is 0 Å². The standard InChI is InChI=1S/C24H28ClNO3/c1-28-22-13-18-12-16(24(27)20(18)14-23(22)29-2)6-3-4-10-26-11-9-19-17(15-26)7-5-8-21(19)25/h5,7-8,13-14,16H,3-4,6,9-12,15H2,1-2H3. The molecule has 0 spiro atoms. The van der Waals surface area contributed by atoms with Crippen LogP contribution in [0.25, 0.3) is 0 Å². The third kappa shape index (κ3) is 4.15. The Hall–Kier alpha value is -2.04. The van der Waals surface area contributed by atoms with Crippen LogP contribution in [0.4, 0.5) is 0 Å². The van der Waals surface area contributed by atoms with E-state index in [4.69, 9.17) is 21.1 Å². The van der Waals surface area contributed by atoms with Gasteiger partial charge in [0.25, 0.3) is 0 Å². The van der Waals surface area contributed by atoms with Gasteiger partial charge in [-0.1, -0.05) is 30.2 Å². The second-order valence-electron chi connectivity index (χ2n) is 8.03. The molecule has 1 unspecified atom stereocenters. The van der Waals surface area contributed by atoms with Crippen molar-refractivity contribution in [2.24, 2.45) is 5.92 Å². The Morgan fingerprint density at radius 2 is 1.90 bits per heavy atom. The maximum atomic E-state index is 12.8. The molecule has 4 nitrogen and oxygen atoms in total. The van der Waals surface area contributed by atoms with Crippen LogP contribution >= 0.6 is 11.6 Å². The summed E-state index contributed by atoms with van der Waals surface area (Å²) in [5, 5.41) is 0.898. The highest BCUT2D eigenvalue weighted by Crippen LogP contribution is 2.38. The molecule has 29 heavy (non-hydrogen) atoms.